The van der Waals surface area contributed by atoms with Crippen molar-refractivity contribution in [3.8, 4) is 11.6 Å². The van der Waals surface area contributed by atoms with Crippen LogP contribution in [0, 0.1) is 5.82 Å². The molecule has 0 unspecified atom stereocenters. The quantitative estimate of drug-likeness (QED) is 0.843. The van der Waals surface area contributed by atoms with Crippen LogP contribution in [0.4, 0.5) is 10.2 Å². The van der Waals surface area contributed by atoms with Crippen LogP contribution in [0.25, 0.3) is 0 Å². The van der Waals surface area contributed by atoms with Crippen molar-refractivity contribution in [3.63, 3.8) is 0 Å². The molecular weight excluding hydrogens is 349 g/mol. The van der Waals surface area contributed by atoms with E-state index in [2.05, 4.69) is 31.2 Å². The van der Waals surface area contributed by atoms with Crippen molar-refractivity contribution < 1.29 is 9.13 Å². The maximum Gasteiger partial charge on any atom is 0.239 e. The van der Waals surface area contributed by atoms with Crippen LogP contribution >= 0.6 is 27.5 Å². The number of hydrogen-bond donors (Lipinski definition) is 1. The van der Waals surface area contributed by atoms with Gasteiger partial charge in [-0.1, -0.05) is 24.6 Å². The maximum absolute atomic E-state index is 13.8. The molecule has 1 aromatic carbocycles. The van der Waals surface area contributed by atoms with Gasteiger partial charge in [-0.2, -0.15) is 0 Å². The molecule has 2 rings (SSSR count). The van der Waals surface area contributed by atoms with E-state index in [1.807, 2.05) is 6.92 Å². The van der Waals surface area contributed by atoms with Crippen LogP contribution in [0.2, 0.25) is 5.02 Å². The molecule has 1 N–H and O–H groups in total. The molecular formula is C13H12BrClFN3O. The minimum Gasteiger partial charge on any atom is -0.435 e. The third-order valence-corrected chi connectivity index (χ3v) is 3.43. The van der Waals surface area contributed by atoms with Crippen molar-refractivity contribution in [1.29, 1.82) is 0 Å². The first-order valence-corrected chi connectivity index (χ1v) is 7.16. The zero-order valence-electron chi connectivity index (χ0n) is 10.7. The summed E-state index contributed by atoms with van der Waals surface area (Å²) >= 11 is 9.05. The molecule has 2 aromatic rings. The van der Waals surface area contributed by atoms with Crippen molar-refractivity contribution in [1.82, 2.24) is 9.97 Å². The number of hydrogen-bond acceptors (Lipinski definition) is 4. The Balaban J connectivity index is 2.27. The molecule has 0 atom stereocenters. The van der Waals surface area contributed by atoms with Crippen LogP contribution in [-0.4, -0.2) is 16.5 Å². The van der Waals surface area contributed by atoms with Crippen molar-refractivity contribution in [2.24, 2.45) is 0 Å². The van der Waals surface area contributed by atoms with Gasteiger partial charge >= 0.3 is 0 Å². The third-order valence-electron chi connectivity index (χ3n) is 2.42. The Bertz CT molecular complexity index is 612. The van der Waals surface area contributed by atoms with Gasteiger partial charge in [-0.3, -0.25) is 0 Å². The minimum atomic E-state index is -0.622. The first-order chi connectivity index (χ1) is 9.63. The van der Waals surface area contributed by atoms with E-state index in [1.165, 1.54) is 18.5 Å². The molecule has 0 amide bonds. The van der Waals surface area contributed by atoms with Crippen LogP contribution < -0.4 is 10.1 Å². The lowest BCUT2D eigenvalue weighted by atomic mass is 10.3. The summed E-state index contributed by atoms with van der Waals surface area (Å²) in [6.07, 6.45) is 2.30. The molecule has 106 valence electrons. The lowest BCUT2D eigenvalue weighted by Gasteiger charge is -2.11. The zero-order valence-corrected chi connectivity index (χ0v) is 13.0. The molecule has 1 aromatic heterocycles. The molecule has 0 aliphatic heterocycles. The Kier molecular flexibility index (Phi) is 5.14. The third kappa shape index (κ3) is 3.37. The van der Waals surface area contributed by atoms with E-state index in [1.54, 1.807) is 6.07 Å². The molecule has 0 spiro atoms. The number of nitrogens with one attached hydrogen (secondary N) is 1. The summed E-state index contributed by atoms with van der Waals surface area (Å²) in [4.78, 5) is 8.07. The molecule has 0 saturated carbocycles. The van der Waals surface area contributed by atoms with Crippen molar-refractivity contribution in [2.75, 3.05) is 11.9 Å². The topological polar surface area (TPSA) is 47.0 Å². The number of halogens is 3. The SMILES string of the molecule is CCCNc1ncnc(Oc2cccc(Cl)c2F)c1Br. The molecule has 7 heteroatoms. The van der Waals surface area contributed by atoms with Gasteiger partial charge in [-0.05, 0) is 34.5 Å². The van der Waals surface area contributed by atoms with E-state index in [9.17, 15) is 4.39 Å². The van der Waals surface area contributed by atoms with E-state index in [0.717, 1.165) is 13.0 Å². The zero-order chi connectivity index (χ0) is 14.5. The van der Waals surface area contributed by atoms with Gasteiger partial charge < -0.3 is 10.1 Å². The number of nitrogens with zero attached hydrogens (tertiary/aromatic N) is 2. The maximum atomic E-state index is 13.8. The number of rotatable bonds is 5. The van der Waals surface area contributed by atoms with Gasteiger partial charge in [0.15, 0.2) is 11.6 Å². The number of ether oxygens (including phenoxy) is 1. The van der Waals surface area contributed by atoms with E-state index in [4.69, 9.17) is 16.3 Å². The predicted molar refractivity (Wildman–Crippen MR) is 80.0 cm³/mol. The van der Waals surface area contributed by atoms with Gasteiger partial charge in [-0.15, -0.1) is 0 Å². The Morgan fingerprint density at radius 3 is 2.95 bits per heavy atom. The molecule has 4 nitrogen and oxygen atoms in total. The van der Waals surface area contributed by atoms with Crippen molar-refractivity contribution in [2.45, 2.75) is 13.3 Å². The fraction of sp³-hybridized carbons (Fsp3) is 0.231. The number of anilines is 1. The first-order valence-electron chi connectivity index (χ1n) is 5.99. The van der Waals surface area contributed by atoms with Crippen molar-refractivity contribution >= 4 is 33.3 Å². The summed E-state index contributed by atoms with van der Waals surface area (Å²) in [5.41, 5.74) is 0. The van der Waals surface area contributed by atoms with Gasteiger partial charge in [0.05, 0.1) is 5.02 Å². The lowest BCUT2D eigenvalue weighted by molar-refractivity contribution is 0.424. The first kappa shape index (κ1) is 15.0. The Morgan fingerprint density at radius 2 is 2.20 bits per heavy atom. The van der Waals surface area contributed by atoms with Gasteiger partial charge in [0.1, 0.15) is 16.6 Å². The van der Waals surface area contributed by atoms with E-state index >= 15 is 0 Å². The van der Waals surface area contributed by atoms with Gasteiger partial charge in [0.2, 0.25) is 5.88 Å². The standard InChI is InChI=1S/C13H12BrClFN3O/c1-2-6-17-12-10(14)13(19-7-18-12)20-9-5-3-4-8(15)11(9)16/h3-5,7H,2,6H2,1H3,(H,17,18,19). The van der Waals surface area contributed by atoms with E-state index < -0.39 is 5.82 Å². The summed E-state index contributed by atoms with van der Waals surface area (Å²) in [5.74, 6) is 0.208. The second-order valence-corrected chi connectivity index (χ2v) is 5.12. The monoisotopic (exact) mass is 359 g/mol. The molecule has 0 bridgehead atoms. The van der Waals surface area contributed by atoms with Gasteiger partial charge in [0.25, 0.3) is 0 Å². The Morgan fingerprint density at radius 1 is 1.40 bits per heavy atom. The second-order valence-electron chi connectivity index (χ2n) is 3.92. The Labute approximate surface area is 129 Å². The highest BCUT2D eigenvalue weighted by Gasteiger charge is 2.14. The fourth-order valence-corrected chi connectivity index (χ4v) is 2.05. The summed E-state index contributed by atoms with van der Waals surface area (Å²) in [6, 6.07) is 4.54. The molecule has 1 heterocycles. The van der Waals surface area contributed by atoms with Crippen LogP contribution in [0.15, 0.2) is 29.0 Å². The number of aromatic nitrogens is 2. The van der Waals surface area contributed by atoms with E-state index in [-0.39, 0.29) is 16.7 Å². The molecule has 0 aliphatic carbocycles. The highest BCUT2D eigenvalue weighted by Crippen LogP contribution is 2.34. The second kappa shape index (κ2) is 6.85. The highest BCUT2D eigenvalue weighted by molar-refractivity contribution is 9.10. The summed E-state index contributed by atoms with van der Waals surface area (Å²) in [5, 5.41) is 3.11. The van der Waals surface area contributed by atoms with Crippen LogP contribution in [0.1, 0.15) is 13.3 Å². The lowest BCUT2D eigenvalue weighted by Crippen LogP contribution is -2.04. The summed E-state index contributed by atoms with van der Waals surface area (Å²) < 4.78 is 19.8. The highest BCUT2D eigenvalue weighted by atomic mass is 79.9. The van der Waals surface area contributed by atoms with Crippen LogP contribution in [0.3, 0.4) is 0 Å². The van der Waals surface area contributed by atoms with Crippen LogP contribution in [0.5, 0.6) is 11.6 Å². The number of benzene rings is 1. The van der Waals surface area contributed by atoms with Gasteiger partial charge in [-0.25, -0.2) is 14.4 Å². The average Bonchev–Trinajstić information content (AvgIpc) is 2.44. The molecule has 0 fully saturated rings. The molecule has 0 radical (unpaired) electrons. The minimum absolute atomic E-state index is 0.00277. The summed E-state index contributed by atoms with van der Waals surface area (Å²) in [7, 11) is 0. The largest absolute Gasteiger partial charge is 0.435 e. The normalized spacial score (nSPS) is 10.4. The molecule has 0 saturated heterocycles. The van der Waals surface area contributed by atoms with E-state index in [0.29, 0.717) is 10.3 Å². The van der Waals surface area contributed by atoms with Gasteiger partial charge in [0, 0.05) is 6.54 Å². The molecule has 20 heavy (non-hydrogen) atoms. The smallest absolute Gasteiger partial charge is 0.239 e. The van der Waals surface area contributed by atoms with Crippen LogP contribution in [-0.2, 0) is 0 Å². The summed E-state index contributed by atoms with van der Waals surface area (Å²) in [6.45, 7) is 2.81. The fourth-order valence-electron chi connectivity index (χ4n) is 1.46. The van der Waals surface area contributed by atoms with Crippen molar-refractivity contribution in [3.05, 3.63) is 39.8 Å². The predicted octanol–water partition coefficient (Wildman–Crippen LogP) is 4.65. The average molecular weight is 361 g/mol. The molecule has 0 aliphatic rings. The Hall–Kier alpha value is -1.40.